The number of carbonyl (C=O) groups excluding carboxylic acids is 1. The van der Waals surface area contributed by atoms with Crippen LogP contribution in [0.2, 0.25) is 0 Å². The van der Waals surface area contributed by atoms with Gasteiger partial charge in [0.2, 0.25) is 0 Å². The lowest BCUT2D eigenvalue weighted by Crippen LogP contribution is -2.37. The Morgan fingerprint density at radius 1 is 1.17 bits per heavy atom. The van der Waals surface area contributed by atoms with Gasteiger partial charge in [0.1, 0.15) is 11.5 Å². The van der Waals surface area contributed by atoms with Crippen molar-refractivity contribution in [2.24, 2.45) is 14.1 Å². The zero-order valence-electron chi connectivity index (χ0n) is 12.9. The number of aromatic nitrogens is 3. The predicted octanol–water partition coefficient (Wildman–Crippen LogP) is 1.02. The highest BCUT2D eigenvalue weighted by Gasteiger charge is 2.12. The van der Waals surface area contributed by atoms with E-state index in [2.05, 4.69) is 10.3 Å². The van der Waals surface area contributed by atoms with Crippen LogP contribution in [-0.2, 0) is 14.1 Å². The number of anilines is 1. The van der Waals surface area contributed by atoms with E-state index in [4.69, 9.17) is 0 Å². The van der Waals surface area contributed by atoms with Crippen LogP contribution in [0.5, 0.6) is 0 Å². The Balaban J connectivity index is 2.04. The van der Waals surface area contributed by atoms with Gasteiger partial charge in [0, 0.05) is 19.7 Å². The summed E-state index contributed by atoms with van der Waals surface area (Å²) in [6, 6.07) is 6.66. The smallest absolute Gasteiger partial charge is 0.321 e. The summed E-state index contributed by atoms with van der Waals surface area (Å²) in [6.07, 6.45) is 1.33. The molecule has 1 aromatic carbocycles. The van der Waals surface area contributed by atoms with Crippen LogP contribution in [0.25, 0.3) is 11.0 Å². The Hall–Kier alpha value is -3.29. The molecule has 0 aliphatic rings. The lowest BCUT2D eigenvalue weighted by atomic mass is 10.2. The number of benzene rings is 1. The lowest BCUT2D eigenvalue weighted by Gasteiger charge is -2.09. The van der Waals surface area contributed by atoms with Crippen molar-refractivity contribution in [3.05, 3.63) is 68.7 Å². The maximum absolute atomic E-state index is 13.2. The van der Waals surface area contributed by atoms with Crippen LogP contribution in [-0.4, -0.2) is 20.0 Å². The van der Waals surface area contributed by atoms with E-state index in [0.29, 0.717) is 0 Å². The van der Waals surface area contributed by atoms with Crippen molar-refractivity contribution in [2.45, 2.75) is 0 Å². The Bertz CT molecular complexity index is 1080. The summed E-state index contributed by atoms with van der Waals surface area (Å²) in [4.78, 5) is 40.3. The van der Waals surface area contributed by atoms with E-state index < -0.39 is 23.0 Å². The van der Waals surface area contributed by atoms with Crippen LogP contribution in [0.15, 0.2) is 46.1 Å². The first kappa shape index (κ1) is 15.6. The van der Waals surface area contributed by atoms with Crippen LogP contribution in [0.1, 0.15) is 10.4 Å². The quantitative estimate of drug-likeness (QED) is 0.761. The van der Waals surface area contributed by atoms with Gasteiger partial charge in [-0.2, -0.15) is 0 Å². The normalized spacial score (nSPS) is 10.8. The van der Waals surface area contributed by atoms with Gasteiger partial charge >= 0.3 is 5.69 Å². The van der Waals surface area contributed by atoms with Crippen molar-refractivity contribution in [1.29, 1.82) is 0 Å². The second kappa shape index (κ2) is 5.73. The molecule has 2 aromatic heterocycles. The van der Waals surface area contributed by atoms with Gasteiger partial charge in [0.15, 0.2) is 0 Å². The summed E-state index contributed by atoms with van der Waals surface area (Å²) in [5.41, 5.74) is -0.373. The van der Waals surface area contributed by atoms with Crippen molar-refractivity contribution in [3.8, 4) is 0 Å². The largest absolute Gasteiger partial charge is 0.332 e. The van der Waals surface area contributed by atoms with Gasteiger partial charge in [-0.15, -0.1) is 0 Å². The number of aryl methyl sites for hydroxylation is 1. The molecular weight excluding hydrogens is 315 g/mol. The topological polar surface area (TPSA) is 86.0 Å². The minimum absolute atomic E-state index is 0.142. The van der Waals surface area contributed by atoms with E-state index in [1.165, 1.54) is 49.1 Å². The first-order chi connectivity index (χ1) is 11.4. The standard InChI is InChI=1S/C16H13FN4O3/c1-20-13-12(15(23)21(2)16(20)24)7-11(8-18-13)19-14(22)9-4-3-5-10(17)6-9/h3-8H,1-2H3,(H,19,22). The van der Waals surface area contributed by atoms with Gasteiger partial charge in [-0.25, -0.2) is 14.2 Å². The van der Waals surface area contributed by atoms with E-state index in [-0.39, 0.29) is 22.3 Å². The molecule has 0 radical (unpaired) electrons. The van der Waals surface area contributed by atoms with Gasteiger partial charge in [-0.1, -0.05) is 6.07 Å². The molecule has 0 aliphatic carbocycles. The number of halogens is 1. The van der Waals surface area contributed by atoms with Crippen LogP contribution < -0.4 is 16.6 Å². The first-order valence-electron chi connectivity index (χ1n) is 7.01. The van der Waals surface area contributed by atoms with Crippen LogP contribution in [0.4, 0.5) is 10.1 Å². The molecule has 0 saturated carbocycles. The zero-order valence-corrected chi connectivity index (χ0v) is 12.9. The third kappa shape index (κ3) is 2.58. The highest BCUT2D eigenvalue weighted by Crippen LogP contribution is 2.13. The molecule has 2 heterocycles. The fourth-order valence-corrected chi connectivity index (χ4v) is 2.37. The number of amides is 1. The third-order valence-electron chi connectivity index (χ3n) is 3.64. The van der Waals surface area contributed by atoms with Crippen LogP contribution in [0.3, 0.4) is 0 Å². The summed E-state index contributed by atoms with van der Waals surface area (Å²) in [5.74, 6) is -1.06. The van der Waals surface area contributed by atoms with E-state index in [1.54, 1.807) is 0 Å². The number of hydrogen-bond donors (Lipinski definition) is 1. The Morgan fingerprint density at radius 3 is 2.62 bits per heavy atom. The fraction of sp³-hybridized carbons (Fsp3) is 0.125. The third-order valence-corrected chi connectivity index (χ3v) is 3.64. The number of fused-ring (bicyclic) bond motifs is 1. The summed E-state index contributed by atoms with van der Waals surface area (Å²) >= 11 is 0. The average molecular weight is 328 g/mol. The molecule has 8 heteroatoms. The summed E-state index contributed by atoms with van der Waals surface area (Å²) in [7, 11) is 2.87. The maximum atomic E-state index is 13.2. The number of nitrogens with one attached hydrogen (secondary N) is 1. The summed E-state index contributed by atoms with van der Waals surface area (Å²) in [5, 5.41) is 2.75. The van der Waals surface area contributed by atoms with Gasteiger partial charge in [0.05, 0.1) is 17.3 Å². The molecule has 7 nitrogen and oxygen atoms in total. The molecule has 1 amide bonds. The molecule has 0 atom stereocenters. The van der Waals surface area contributed by atoms with E-state index >= 15 is 0 Å². The molecule has 24 heavy (non-hydrogen) atoms. The maximum Gasteiger partial charge on any atom is 0.332 e. The highest BCUT2D eigenvalue weighted by atomic mass is 19.1. The molecule has 0 saturated heterocycles. The van der Waals surface area contributed by atoms with E-state index in [0.717, 1.165) is 10.6 Å². The van der Waals surface area contributed by atoms with Gasteiger partial charge < -0.3 is 5.32 Å². The van der Waals surface area contributed by atoms with Crippen molar-refractivity contribution in [2.75, 3.05) is 5.32 Å². The molecule has 0 aliphatic heterocycles. The molecule has 0 bridgehead atoms. The minimum Gasteiger partial charge on any atom is -0.321 e. The Labute approximate surface area is 135 Å². The van der Waals surface area contributed by atoms with E-state index in [1.807, 2.05) is 0 Å². The highest BCUT2D eigenvalue weighted by molar-refractivity contribution is 6.04. The second-order valence-corrected chi connectivity index (χ2v) is 5.27. The monoisotopic (exact) mass is 328 g/mol. The Morgan fingerprint density at radius 2 is 1.92 bits per heavy atom. The fourth-order valence-electron chi connectivity index (χ4n) is 2.37. The van der Waals surface area contributed by atoms with Crippen molar-refractivity contribution >= 4 is 22.6 Å². The lowest BCUT2D eigenvalue weighted by molar-refractivity contribution is 0.102. The summed E-state index contributed by atoms with van der Waals surface area (Å²) in [6.45, 7) is 0. The van der Waals surface area contributed by atoms with Gasteiger partial charge in [0.25, 0.3) is 11.5 Å². The minimum atomic E-state index is -0.530. The molecule has 1 N–H and O–H groups in total. The number of pyridine rings is 1. The van der Waals surface area contributed by atoms with E-state index in [9.17, 15) is 18.8 Å². The number of hydrogen-bond acceptors (Lipinski definition) is 4. The average Bonchev–Trinajstić information content (AvgIpc) is 2.58. The Kier molecular flexibility index (Phi) is 3.72. The second-order valence-electron chi connectivity index (χ2n) is 5.27. The molecule has 3 aromatic rings. The molecule has 0 fully saturated rings. The number of carbonyl (C=O) groups is 1. The molecular formula is C16H13FN4O3. The number of rotatable bonds is 2. The van der Waals surface area contributed by atoms with Crippen LogP contribution in [0, 0.1) is 5.82 Å². The predicted molar refractivity (Wildman–Crippen MR) is 86.6 cm³/mol. The first-order valence-corrected chi connectivity index (χ1v) is 7.01. The van der Waals surface area contributed by atoms with Crippen molar-refractivity contribution < 1.29 is 9.18 Å². The zero-order chi connectivity index (χ0) is 17.4. The van der Waals surface area contributed by atoms with Gasteiger partial charge in [-0.05, 0) is 24.3 Å². The molecule has 122 valence electrons. The van der Waals surface area contributed by atoms with Crippen molar-refractivity contribution in [3.63, 3.8) is 0 Å². The van der Waals surface area contributed by atoms with Gasteiger partial charge in [-0.3, -0.25) is 18.7 Å². The van der Waals surface area contributed by atoms with Crippen molar-refractivity contribution in [1.82, 2.24) is 14.1 Å². The molecule has 0 unspecified atom stereocenters. The number of nitrogens with zero attached hydrogens (tertiary/aromatic N) is 3. The SMILES string of the molecule is Cn1c(=O)c2cc(NC(=O)c3cccc(F)c3)cnc2n(C)c1=O. The molecule has 0 spiro atoms. The molecule has 3 rings (SSSR count). The van der Waals surface area contributed by atoms with Crippen LogP contribution >= 0.6 is 0 Å². The summed E-state index contributed by atoms with van der Waals surface area (Å²) < 4.78 is 15.4.